The molecule has 0 spiro atoms. The molecule has 1 N–H and O–H groups in total. The minimum Gasteiger partial charge on any atom is -0.459 e. The van der Waals surface area contributed by atoms with Crippen LogP contribution in [0.3, 0.4) is 0 Å². The fourth-order valence-electron chi connectivity index (χ4n) is 3.49. The van der Waals surface area contributed by atoms with Crippen LogP contribution in [0.15, 0.2) is 29.3 Å². The van der Waals surface area contributed by atoms with Crippen molar-refractivity contribution in [3.63, 3.8) is 0 Å². The van der Waals surface area contributed by atoms with Crippen molar-refractivity contribution in [2.75, 3.05) is 39.5 Å². The van der Waals surface area contributed by atoms with Crippen molar-refractivity contribution < 1.29 is 24.1 Å². The monoisotopic (exact) mass is 381 g/mol. The molecule has 2 aliphatic heterocycles. The van der Waals surface area contributed by atoms with Crippen LogP contribution in [-0.2, 0) is 19.0 Å². The maximum atomic E-state index is 12.9. The van der Waals surface area contributed by atoms with Crippen molar-refractivity contribution in [1.82, 2.24) is 4.90 Å². The van der Waals surface area contributed by atoms with Crippen LogP contribution in [0, 0.1) is 5.92 Å². The molecule has 6 nitrogen and oxygen atoms in total. The van der Waals surface area contributed by atoms with E-state index in [1.165, 1.54) is 4.88 Å². The Kier molecular flexibility index (Phi) is 7.07. The van der Waals surface area contributed by atoms with E-state index in [-0.39, 0.29) is 24.3 Å². The van der Waals surface area contributed by atoms with Crippen LogP contribution in [0.5, 0.6) is 0 Å². The van der Waals surface area contributed by atoms with Crippen LogP contribution < -0.4 is 0 Å². The Hall–Kier alpha value is -1.41. The van der Waals surface area contributed by atoms with Gasteiger partial charge in [0.05, 0.1) is 13.2 Å². The SMILES string of the molecule is CCO[C@@H]1OC(C(=O)N2CCOCC2)=C[C@H](c2cccs2)[C@H]1CCCO. The molecule has 1 aromatic rings. The van der Waals surface area contributed by atoms with Crippen molar-refractivity contribution in [2.24, 2.45) is 5.92 Å². The van der Waals surface area contributed by atoms with Gasteiger partial charge in [-0.1, -0.05) is 6.07 Å². The van der Waals surface area contributed by atoms with Gasteiger partial charge in [-0.25, -0.2) is 0 Å². The molecule has 1 aromatic heterocycles. The molecule has 2 aliphatic rings. The van der Waals surface area contributed by atoms with E-state index in [1.807, 2.05) is 24.4 Å². The van der Waals surface area contributed by atoms with Crippen LogP contribution >= 0.6 is 11.3 Å². The lowest BCUT2D eigenvalue weighted by atomic mass is 9.84. The lowest BCUT2D eigenvalue weighted by molar-refractivity contribution is -0.171. The molecular weight excluding hydrogens is 354 g/mol. The van der Waals surface area contributed by atoms with E-state index in [2.05, 4.69) is 6.07 Å². The number of hydrogen-bond acceptors (Lipinski definition) is 6. The third-order valence-corrected chi connectivity index (χ3v) is 5.77. The summed E-state index contributed by atoms with van der Waals surface area (Å²) in [6.45, 7) is 4.84. The smallest absolute Gasteiger partial charge is 0.288 e. The highest BCUT2D eigenvalue weighted by molar-refractivity contribution is 7.10. The molecule has 1 amide bonds. The molecule has 0 radical (unpaired) electrons. The van der Waals surface area contributed by atoms with Crippen LogP contribution in [0.1, 0.15) is 30.6 Å². The first kappa shape index (κ1) is 19.4. The molecule has 26 heavy (non-hydrogen) atoms. The molecule has 1 fully saturated rings. The molecule has 0 bridgehead atoms. The highest BCUT2D eigenvalue weighted by Crippen LogP contribution is 2.41. The lowest BCUT2D eigenvalue weighted by Gasteiger charge is -2.38. The summed E-state index contributed by atoms with van der Waals surface area (Å²) >= 11 is 1.67. The van der Waals surface area contributed by atoms with E-state index in [1.54, 1.807) is 16.2 Å². The molecule has 0 saturated carbocycles. The van der Waals surface area contributed by atoms with Gasteiger partial charge < -0.3 is 24.2 Å². The molecule has 1 saturated heterocycles. The van der Waals surface area contributed by atoms with Gasteiger partial charge in [0.1, 0.15) is 0 Å². The summed E-state index contributed by atoms with van der Waals surface area (Å²) in [5.74, 6) is 0.387. The summed E-state index contributed by atoms with van der Waals surface area (Å²) < 4.78 is 17.2. The zero-order valence-corrected chi connectivity index (χ0v) is 16.0. The highest BCUT2D eigenvalue weighted by atomic mass is 32.1. The molecular formula is C19H27NO5S. The summed E-state index contributed by atoms with van der Waals surface area (Å²) in [5, 5.41) is 11.3. The number of thiophene rings is 1. The fourth-order valence-corrected chi connectivity index (χ4v) is 4.36. The first-order chi connectivity index (χ1) is 12.7. The summed E-state index contributed by atoms with van der Waals surface area (Å²) in [7, 11) is 0. The fraction of sp³-hybridized carbons (Fsp3) is 0.632. The van der Waals surface area contributed by atoms with Crippen molar-refractivity contribution >= 4 is 17.2 Å². The van der Waals surface area contributed by atoms with Crippen molar-refractivity contribution in [3.05, 3.63) is 34.2 Å². The lowest BCUT2D eigenvalue weighted by Crippen LogP contribution is -2.44. The van der Waals surface area contributed by atoms with E-state index < -0.39 is 6.29 Å². The zero-order chi connectivity index (χ0) is 18.4. The minimum atomic E-state index is -0.483. The Morgan fingerprint density at radius 1 is 1.42 bits per heavy atom. The zero-order valence-electron chi connectivity index (χ0n) is 15.1. The number of ether oxygens (including phenoxy) is 3. The molecule has 3 rings (SSSR count). The predicted octanol–water partition coefficient (Wildman–Crippen LogP) is 2.36. The minimum absolute atomic E-state index is 0.0480. The average molecular weight is 381 g/mol. The standard InChI is InChI=1S/C19H27NO5S/c1-2-24-19-14(5-3-9-21)15(17-6-4-12-26-17)13-16(25-19)18(22)20-7-10-23-11-8-20/h4,6,12-15,19,21H,2-3,5,7-11H2,1H3/t14-,15+,19-/m1/s1. The van der Waals surface area contributed by atoms with Gasteiger partial charge in [-0.3, -0.25) is 4.79 Å². The Morgan fingerprint density at radius 2 is 2.23 bits per heavy atom. The number of nitrogens with zero attached hydrogens (tertiary/aromatic N) is 1. The molecule has 3 heterocycles. The van der Waals surface area contributed by atoms with Gasteiger partial charge in [-0.05, 0) is 37.3 Å². The first-order valence-electron chi connectivity index (χ1n) is 9.26. The van der Waals surface area contributed by atoms with Gasteiger partial charge in [0.15, 0.2) is 5.76 Å². The van der Waals surface area contributed by atoms with Crippen LogP contribution in [-0.4, -0.2) is 61.7 Å². The maximum Gasteiger partial charge on any atom is 0.288 e. The maximum absolute atomic E-state index is 12.9. The highest BCUT2D eigenvalue weighted by Gasteiger charge is 2.39. The van der Waals surface area contributed by atoms with Crippen molar-refractivity contribution in [2.45, 2.75) is 32.0 Å². The number of amides is 1. The van der Waals surface area contributed by atoms with Gasteiger partial charge in [0, 0.05) is 43.0 Å². The Morgan fingerprint density at radius 3 is 2.88 bits per heavy atom. The van der Waals surface area contributed by atoms with E-state index in [9.17, 15) is 9.90 Å². The van der Waals surface area contributed by atoms with Gasteiger partial charge in [0.2, 0.25) is 6.29 Å². The Balaban J connectivity index is 1.87. The molecule has 0 aliphatic carbocycles. The molecule has 3 atom stereocenters. The van der Waals surface area contributed by atoms with Crippen LogP contribution in [0.2, 0.25) is 0 Å². The number of carbonyl (C=O) groups is 1. The van der Waals surface area contributed by atoms with Crippen LogP contribution in [0.25, 0.3) is 0 Å². The summed E-state index contributed by atoms with van der Waals surface area (Å²) in [6, 6.07) is 4.11. The number of allylic oxidation sites excluding steroid dienone is 1. The Bertz CT molecular complexity index is 597. The Labute approximate surface area is 158 Å². The predicted molar refractivity (Wildman–Crippen MR) is 98.9 cm³/mol. The van der Waals surface area contributed by atoms with E-state index >= 15 is 0 Å². The van der Waals surface area contributed by atoms with E-state index in [4.69, 9.17) is 14.2 Å². The third-order valence-electron chi connectivity index (χ3n) is 4.79. The quantitative estimate of drug-likeness (QED) is 0.785. The van der Waals surface area contributed by atoms with E-state index in [0.29, 0.717) is 45.1 Å². The normalized spacial score (nSPS) is 26.3. The second-order valence-electron chi connectivity index (χ2n) is 6.45. The molecule has 0 aromatic carbocycles. The first-order valence-corrected chi connectivity index (χ1v) is 10.1. The summed E-state index contributed by atoms with van der Waals surface area (Å²) in [4.78, 5) is 15.9. The summed E-state index contributed by atoms with van der Waals surface area (Å²) in [6.07, 6.45) is 2.92. The molecule has 0 unspecified atom stereocenters. The second-order valence-corrected chi connectivity index (χ2v) is 7.43. The molecule has 7 heteroatoms. The number of carbonyl (C=O) groups excluding carboxylic acids is 1. The molecule has 144 valence electrons. The van der Waals surface area contributed by atoms with Gasteiger partial charge >= 0.3 is 0 Å². The van der Waals surface area contributed by atoms with Crippen LogP contribution in [0.4, 0.5) is 0 Å². The second kappa shape index (κ2) is 9.50. The number of aliphatic hydroxyl groups is 1. The van der Waals surface area contributed by atoms with Gasteiger partial charge in [-0.2, -0.15) is 0 Å². The largest absolute Gasteiger partial charge is 0.459 e. The number of rotatable bonds is 7. The third kappa shape index (κ3) is 4.46. The summed E-state index contributed by atoms with van der Waals surface area (Å²) in [5.41, 5.74) is 0. The van der Waals surface area contributed by atoms with Gasteiger partial charge in [0.25, 0.3) is 5.91 Å². The topological polar surface area (TPSA) is 68.2 Å². The van der Waals surface area contributed by atoms with E-state index in [0.717, 1.165) is 6.42 Å². The van der Waals surface area contributed by atoms with Crippen molar-refractivity contribution in [3.8, 4) is 0 Å². The number of morpholine rings is 1. The average Bonchev–Trinajstić information content (AvgIpc) is 3.21. The number of aliphatic hydroxyl groups excluding tert-OH is 1. The van der Waals surface area contributed by atoms with Crippen molar-refractivity contribution in [1.29, 1.82) is 0 Å². The number of hydrogen-bond donors (Lipinski definition) is 1. The van der Waals surface area contributed by atoms with Gasteiger partial charge in [-0.15, -0.1) is 11.3 Å².